The summed E-state index contributed by atoms with van der Waals surface area (Å²) in [5.41, 5.74) is 2.01. The van der Waals surface area contributed by atoms with Crippen molar-refractivity contribution in [2.45, 2.75) is 78.4 Å². The lowest BCUT2D eigenvalue weighted by Crippen LogP contribution is -2.40. The van der Waals surface area contributed by atoms with Gasteiger partial charge in [-0.05, 0) is 38.5 Å². The molecule has 0 bridgehead atoms. The van der Waals surface area contributed by atoms with Crippen LogP contribution in [0, 0.1) is 11.3 Å². The fourth-order valence-corrected chi connectivity index (χ4v) is 4.64. The van der Waals surface area contributed by atoms with Crippen LogP contribution < -0.4 is 0 Å². The van der Waals surface area contributed by atoms with Gasteiger partial charge in [0.25, 0.3) is 0 Å². The topological polar surface area (TPSA) is 12.4 Å². The maximum absolute atomic E-state index is 4.66. The molecule has 0 aliphatic heterocycles. The third-order valence-corrected chi connectivity index (χ3v) is 7.05. The molecule has 0 saturated heterocycles. The third-order valence-electron chi connectivity index (χ3n) is 5.45. The van der Waals surface area contributed by atoms with E-state index >= 15 is 0 Å². The van der Waals surface area contributed by atoms with E-state index in [4.69, 9.17) is 0 Å². The molecule has 1 saturated carbocycles. The van der Waals surface area contributed by atoms with Gasteiger partial charge < -0.3 is 0 Å². The molecular formula is C20H35NS. The van der Waals surface area contributed by atoms with Crippen molar-refractivity contribution < 1.29 is 0 Å². The molecule has 0 aromatic carbocycles. The Bertz CT molecular complexity index is 417. The normalized spacial score (nSPS) is 26.0. The van der Waals surface area contributed by atoms with Crippen molar-refractivity contribution in [1.29, 1.82) is 0 Å². The Morgan fingerprint density at radius 3 is 2.36 bits per heavy atom. The summed E-state index contributed by atoms with van der Waals surface area (Å²) in [6.07, 6.45) is 14.2. The summed E-state index contributed by atoms with van der Waals surface area (Å²) in [6.45, 7) is 11.4. The molecule has 0 amide bonds. The zero-order chi connectivity index (χ0) is 16.6. The summed E-state index contributed by atoms with van der Waals surface area (Å²) < 4.78 is 0. The van der Waals surface area contributed by atoms with Gasteiger partial charge in [-0.3, -0.25) is 4.99 Å². The molecule has 0 spiro atoms. The van der Waals surface area contributed by atoms with Gasteiger partial charge in [0.1, 0.15) is 0 Å². The lowest BCUT2D eigenvalue weighted by molar-refractivity contribution is 0.149. The van der Waals surface area contributed by atoms with Gasteiger partial charge in [0.05, 0.1) is 5.04 Å². The van der Waals surface area contributed by atoms with E-state index < -0.39 is 0 Å². The van der Waals surface area contributed by atoms with Gasteiger partial charge in [0.2, 0.25) is 0 Å². The summed E-state index contributed by atoms with van der Waals surface area (Å²) >= 11 is 2.02. The highest BCUT2D eigenvalue weighted by Crippen LogP contribution is 2.56. The molecule has 1 aliphatic rings. The van der Waals surface area contributed by atoms with E-state index in [0.29, 0.717) is 5.41 Å². The quantitative estimate of drug-likeness (QED) is 0.360. The first-order valence-electron chi connectivity index (χ1n) is 9.02. The summed E-state index contributed by atoms with van der Waals surface area (Å²) in [7, 11) is 1.98. The van der Waals surface area contributed by atoms with Gasteiger partial charge in [-0.2, -0.15) is 0 Å². The van der Waals surface area contributed by atoms with E-state index in [2.05, 4.69) is 57.8 Å². The molecule has 2 unspecified atom stereocenters. The smallest absolute Gasteiger partial charge is 0.0684 e. The average Bonchev–Trinajstić information content (AvgIpc) is 2.54. The van der Waals surface area contributed by atoms with Crippen LogP contribution in [0.2, 0.25) is 0 Å². The van der Waals surface area contributed by atoms with Crippen LogP contribution in [0.3, 0.4) is 0 Å². The first-order chi connectivity index (χ1) is 10.6. The number of hydrogen-bond donors (Lipinski definition) is 0. The van der Waals surface area contributed by atoms with Gasteiger partial charge >= 0.3 is 0 Å². The molecule has 0 radical (unpaired) electrons. The van der Waals surface area contributed by atoms with Crippen LogP contribution in [0.1, 0.15) is 73.1 Å². The molecule has 0 heterocycles. The van der Waals surface area contributed by atoms with Crippen molar-refractivity contribution in [2.75, 3.05) is 7.05 Å². The van der Waals surface area contributed by atoms with E-state index in [9.17, 15) is 0 Å². The molecule has 1 rings (SSSR count). The minimum Gasteiger partial charge on any atom is -0.286 e. The largest absolute Gasteiger partial charge is 0.286 e. The highest BCUT2D eigenvalue weighted by molar-refractivity contribution is 8.14. The zero-order valence-corrected chi connectivity index (χ0v) is 16.3. The van der Waals surface area contributed by atoms with Gasteiger partial charge in [0.15, 0.2) is 0 Å². The number of allylic oxidation sites excluding steroid dienone is 4. The Kier molecular flexibility index (Phi) is 8.53. The molecule has 2 atom stereocenters. The van der Waals surface area contributed by atoms with Gasteiger partial charge in [-0.15, -0.1) is 11.8 Å². The lowest BCUT2D eigenvalue weighted by Gasteiger charge is -2.49. The van der Waals surface area contributed by atoms with Gasteiger partial charge in [0, 0.05) is 24.1 Å². The van der Waals surface area contributed by atoms with E-state index in [-0.39, 0.29) is 0 Å². The number of hydrogen-bond acceptors (Lipinski definition) is 2. The Hall–Kier alpha value is -0.500. The Morgan fingerprint density at radius 2 is 1.95 bits per heavy atom. The van der Waals surface area contributed by atoms with E-state index in [1.165, 1.54) is 37.1 Å². The first kappa shape index (κ1) is 19.5. The van der Waals surface area contributed by atoms with Crippen molar-refractivity contribution >= 4 is 16.8 Å². The third kappa shape index (κ3) is 4.50. The monoisotopic (exact) mass is 321 g/mol. The second-order valence-corrected chi connectivity index (χ2v) is 7.91. The van der Waals surface area contributed by atoms with Gasteiger partial charge in [-0.25, -0.2) is 0 Å². The maximum Gasteiger partial charge on any atom is 0.0684 e. The van der Waals surface area contributed by atoms with Gasteiger partial charge in [-0.1, -0.05) is 57.9 Å². The first-order valence-corrected chi connectivity index (χ1v) is 9.90. The second kappa shape index (κ2) is 9.60. The number of nitrogens with zero attached hydrogens (tertiary/aromatic N) is 1. The van der Waals surface area contributed by atoms with Crippen LogP contribution >= 0.6 is 11.8 Å². The number of thioether (sulfide) groups is 1. The highest BCUT2D eigenvalue weighted by Gasteiger charge is 2.45. The molecule has 22 heavy (non-hydrogen) atoms. The Labute approximate surface area is 142 Å². The molecule has 1 aliphatic carbocycles. The summed E-state index contributed by atoms with van der Waals surface area (Å²) in [5, 5.41) is 2.08. The predicted octanol–water partition coefficient (Wildman–Crippen LogP) is 6.66. The van der Waals surface area contributed by atoms with Crippen molar-refractivity contribution in [1.82, 2.24) is 0 Å². The SMILES string of the molecule is C/C=C\C=C1\CCC1(C/C(=N\C)SC(CC)CC)C(C)CC. The summed E-state index contributed by atoms with van der Waals surface area (Å²) in [6, 6.07) is 0. The van der Waals surface area contributed by atoms with Crippen molar-refractivity contribution in [2.24, 2.45) is 16.3 Å². The van der Waals surface area contributed by atoms with Crippen LogP contribution in [0.4, 0.5) is 0 Å². The molecule has 1 nitrogen and oxygen atoms in total. The van der Waals surface area contributed by atoms with E-state index in [1.807, 2.05) is 18.8 Å². The minimum atomic E-state index is 0.363. The lowest BCUT2D eigenvalue weighted by atomic mass is 9.56. The fraction of sp³-hybridized carbons (Fsp3) is 0.750. The molecule has 2 heteroatoms. The highest BCUT2D eigenvalue weighted by atomic mass is 32.2. The zero-order valence-electron chi connectivity index (χ0n) is 15.5. The second-order valence-electron chi connectivity index (χ2n) is 6.53. The molecule has 0 aromatic heterocycles. The Morgan fingerprint density at radius 1 is 1.27 bits per heavy atom. The van der Waals surface area contributed by atoms with Crippen molar-refractivity contribution in [3.05, 3.63) is 23.8 Å². The van der Waals surface area contributed by atoms with Crippen LogP contribution in [-0.4, -0.2) is 17.3 Å². The fourth-order valence-electron chi connectivity index (χ4n) is 3.47. The van der Waals surface area contributed by atoms with Crippen molar-refractivity contribution in [3.8, 4) is 0 Å². The molecule has 0 aromatic rings. The summed E-state index contributed by atoms with van der Waals surface area (Å²) in [4.78, 5) is 4.66. The molecular weight excluding hydrogens is 286 g/mol. The van der Waals surface area contributed by atoms with E-state index in [0.717, 1.165) is 17.6 Å². The minimum absolute atomic E-state index is 0.363. The maximum atomic E-state index is 4.66. The summed E-state index contributed by atoms with van der Waals surface area (Å²) in [5.74, 6) is 0.733. The van der Waals surface area contributed by atoms with Crippen molar-refractivity contribution in [3.63, 3.8) is 0 Å². The predicted molar refractivity (Wildman–Crippen MR) is 104 cm³/mol. The van der Waals surface area contributed by atoms with E-state index in [1.54, 1.807) is 5.57 Å². The van der Waals surface area contributed by atoms with Crippen LogP contribution in [-0.2, 0) is 0 Å². The van der Waals surface area contributed by atoms with Crippen LogP contribution in [0.15, 0.2) is 28.8 Å². The number of aliphatic imine (C=N–C) groups is 1. The molecule has 0 N–H and O–H groups in total. The number of rotatable bonds is 8. The van der Waals surface area contributed by atoms with Crippen LogP contribution in [0.5, 0.6) is 0 Å². The average molecular weight is 322 g/mol. The molecule has 126 valence electrons. The molecule has 1 fully saturated rings. The Balaban J connectivity index is 2.94. The standard InChI is InChI=1S/C20H35NS/c1-7-11-12-17-13-14-20(17,16(5)8-2)15-19(21-6)22-18(9-3)10-4/h7,11-12,16,18H,8-10,13-15H2,1-6H3/b11-7-,17-12-,21-19+. The van der Waals surface area contributed by atoms with Crippen LogP contribution in [0.25, 0.3) is 0 Å².